The van der Waals surface area contributed by atoms with E-state index in [1.807, 2.05) is 37.4 Å². The second-order valence-corrected chi connectivity index (χ2v) is 10.2. The highest BCUT2D eigenvalue weighted by molar-refractivity contribution is 8.00. The van der Waals surface area contributed by atoms with Gasteiger partial charge in [0, 0.05) is 23.8 Å². The molecule has 0 unspecified atom stereocenters. The van der Waals surface area contributed by atoms with E-state index < -0.39 is 0 Å². The fourth-order valence-corrected chi connectivity index (χ4v) is 6.60. The van der Waals surface area contributed by atoms with Crippen LogP contribution in [-0.2, 0) is 24.1 Å². The van der Waals surface area contributed by atoms with E-state index in [1.54, 1.807) is 22.6 Å². The van der Waals surface area contributed by atoms with Crippen LogP contribution >= 0.6 is 23.1 Å². The molecule has 7 heteroatoms. The minimum absolute atomic E-state index is 0.0509. The maximum Gasteiger partial charge on any atom is 0.237 e. The SMILES string of the molecule is CCCCc1nc2sc3c(SCC(=O)N(C)c4ccccc4)ncnc3c2c2c1CCC2. The molecule has 164 valence electrons. The van der Waals surface area contributed by atoms with Crippen LogP contribution in [0.15, 0.2) is 41.7 Å². The molecular formula is C25H26N4OS2. The number of thioether (sulfide) groups is 1. The molecule has 1 aliphatic carbocycles. The molecular weight excluding hydrogens is 436 g/mol. The molecule has 3 heterocycles. The van der Waals surface area contributed by atoms with Crippen LogP contribution in [0.25, 0.3) is 20.4 Å². The van der Waals surface area contributed by atoms with Crippen LogP contribution in [0, 0.1) is 0 Å². The molecule has 32 heavy (non-hydrogen) atoms. The summed E-state index contributed by atoms with van der Waals surface area (Å²) in [5.74, 6) is 0.383. The molecule has 0 spiro atoms. The van der Waals surface area contributed by atoms with Crippen molar-refractivity contribution in [3.8, 4) is 0 Å². The number of rotatable bonds is 7. The van der Waals surface area contributed by atoms with Crippen molar-refractivity contribution in [3.63, 3.8) is 0 Å². The monoisotopic (exact) mass is 462 g/mol. The van der Waals surface area contributed by atoms with Crippen LogP contribution in [0.2, 0.25) is 0 Å². The van der Waals surface area contributed by atoms with E-state index in [0.717, 1.165) is 45.0 Å². The molecule has 1 aliphatic rings. The molecule has 0 aliphatic heterocycles. The van der Waals surface area contributed by atoms with Crippen molar-refractivity contribution in [2.75, 3.05) is 17.7 Å². The van der Waals surface area contributed by atoms with Crippen molar-refractivity contribution < 1.29 is 4.79 Å². The molecule has 4 aromatic rings. The van der Waals surface area contributed by atoms with Crippen LogP contribution in [0.1, 0.15) is 43.0 Å². The molecule has 0 fully saturated rings. The largest absolute Gasteiger partial charge is 0.315 e. The number of pyridine rings is 1. The third-order valence-corrected chi connectivity index (χ3v) is 8.33. The molecule has 0 saturated carbocycles. The Morgan fingerprint density at radius 3 is 2.78 bits per heavy atom. The number of amides is 1. The summed E-state index contributed by atoms with van der Waals surface area (Å²) < 4.78 is 1.05. The summed E-state index contributed by atoms with van der Waals surface area (Å²) in [5.41, 5.74) is 6.08. The highest BCUT2D eigenvalue weighted by Gasteiger charge is 2.24. The maximum absolute atomic E-state index is 12.8. The van der Waals surface area contributed by atoms with E-state index in [0.29, 0.717) is 5.75 Å². The Labute approximate surface area is 196 Å². The Morgan fingerprint density at radius 1 is 1.16 bits per heavy atom. The van der Waals surface area contributed by atoms with E-state index in [9.17, 15) is 4.79 Å². The van der Waals surface area contributed by atoms with Gasteiger partial charge in [0.25, 0.3) is 0 Å². The predicted molar refractivity (Wildman–Crippen MR) is 134 cm³/mol. The summed E-state index contributed by atoms with van der Waals surface area (Å²) in [7, 11) is 1.82. The van der Waals surface area contributed by atoms with Crippen molar-refractivity contribution in [2.45, 2.75) is 50.5 Å². The fraction of sp³-hybridized carbons (Fsp3) is 0.360. The number of thiophene rings is 1. The summed E-state index contributed by atoms with van der Waals surface area (Å²) in [6, 6.07) is 9.73. The average Bonchev–Trinajstić information content (AvgIpc) is 3.45. The van der Waals surface area contributed by atoms with E-state index in [2.05, 4.69) is 16.9 Å². The topological polar surface area (TPSA) is 59.0 Å². The van der Waals surface area contributed by atoms with Crippen LogP contribution in [-0.4, -0.2) is 33.7 Å². The van der Waals surface area contributed by atoms with Gasteiger partial charge < -0.3 is 4.90 Å². The first-order valence-corrected chi connectivity index (χ1v) is 13.0. The van der Waals surface area contributed by atoms with Gasteiger partial charge in [0.1, 0.15) is 16.2 Å². The first-order chi connectivity index (χ1) is 15.7. The van der Waals surface area contributed by atoms with E-state index in [-0.39, 0.29) is 5.91 Å². The third-order valence-electron chi connectivity index (χ3n) is 6.14. The highest BCUT2D eigenvalue weighted by atomic mass is 32.2. The molecule has 0 saturated heterocycles. The van der Waals surface area contributed by atoms with Gasteiger partial charge in [-0.25, -0.2) is 15.0 Å². The lowest BCUT2D eigenvalue weighted by molar-refractivity contribution is -0.115. The number of nitrogens with zero attached hydrogens (tertiary/aromatic N) is 4. The zero-order valence-electron chi connectivity index (χ0n) is 18.4. The Hall–Kier alpha value is -2.51. The van der Waals surface area contributed by atoms with E-state index in [4.69, 9.17) is 4.98 Å². The maximum atomic E-state index is 12.8. The predicted octanol–water partition coefficient (Wildman–Crippen LogP) is 5.83. The summed E-state index contributed by atoms with van der Waals surface area (Å²) in [6.07, 6.45) is 8.46. The molecule has 1 amide bonds. The lowest BCUT2D eigenvalue weighted by Crippen LogP contribution is -2.27. The Bertz CT molecular complexity index is 1290. The Morgan fingerprint density at radius 2 is 1.97 bits per heavy atom. The molecule has 0 radical (unpaired) electrons. The lowest BCUT2D eigenvalue weighted by atomic mass is 10.0. The number of benzene rings is 1. The fourth-order valence-electron chi connectivity index (χ4n) is 4.43. The number of hydrogen-bond donors (Lipinski definition) is 0. The number of fused-ring (bicyclic) bond motifs is 5. The first-order valence-electron chi connectivity index (χ1n) is 11.2. The van der Waals surface area contributed by atoms with Crippen molar-refractivity contribution in [1.82, 2.24) is 15.0 Å². The van der Waals surface area contributed by atoms with Crippen LogP contribution < -0.4 is 4.90 Å². The standard InChI is InChI=1S/C25H26N4OS2/c1-3-4-13-19-17-11-8-12-18(17)21-22-23(32-24(21)28-19)25(27-15-26-22)31-14-20(30)29(2)16-9-6-5-7-10-16/h5-7,9-10,15H,3-4,8,11-14H2,1-2H3. The normalized spacial score (nSPS) is 13.1. The molecule has 5 rings (SSSR count). The van der Waals surface area contributed by atoms with Gasteiger partial charge in [0.2, 0.25) is 5.91 Å². The van der Waals surface area contributed by atoms with Gasteiger partial charge in [-0.1, -0.05) is 43.3 Å². The lowest BCUT2D eigenvalue weighted by Gasteiger charge is -2.16. The van der Waals surface area contributed by atoms with E-state index in [1.165, 1.54) is 53.2 Å². The second-order valence-electron chi connectivity index (χ2n) is 8.19. The molecule has 5 nitrogen and oxygen atoms in total. The van der Waals surface area contributed by atoms with Crippen molar-refractivity contribution in [1.29, 1.82) is 0 Å². The van der Waals surface area contributed by atoms with Gasteiger partial charge in [0.05, 0.1) is 16.0 Å². The van der Waals surface area contributed by atoms with Crippen LogP contribution in [0.5, 0.6) is 0 Å². The number of aryl methyl sites for hydroxylation is 2. The van der Waals surface area contributed by atoms with Crippen molar-refractivity contribution in [3.05, 3.63) is 53.5 Å². The van der Waals surface area contributed by atoms with Gasteiger partial charge in [-0.15, -0.1) is 11.3 Å². The zero-order valence-corrected chi connectivity index (χ0v) is 20.1. The number of aromatic nitrogens is 3. The summed E-state index contributed by atoms with van der Waals surface area (Å²) in [6.45, 7) is 2.23. The Balaban J connectivity index is 1.47. The molecule has 1 aromatic carbocycles. The van der Waals surface area contributed by atoms with Crippen LogP contribution in [0.4, 0.5) is 5.69 Å². The molecule has 3 aromatic heterocycles. The minimum atomic E-state index is 0.0509. The van der Waals surface area contributed by atoms with Gasteiger partial charge in [0.15, 0.2) is 0 Å². The van der Waals surface area contributed by atoms with Gasteiger partial charge >= 0.3 is 0 Å². The summed E-state index contributed by atoms with van der Waals surface area (Å²) in [5, 5.41) is 2.09. The number of anilines is 1. The van der Waals surface area contributed by atoms with Gasteiger partial charge in [-0.05, 0) is 55.4 Å². The Kier molecular flexibility index (Phi) is 6.11. The molecule has 0 atom stereocenters. The minimum Gasteiger partial charge on any atom is -0.315 e. The number of hydrogen-bond acceptors (Lipinski definition) is 6. The number of unbranched alkanes of at least 4 members (excludes halogenated alkanes) is 1. The third kappa shape index (κ3) is 3.88. The number of para-hydroxylation sites is 1. The molecule has 0 bridgehead atoms. The molecule has 0 N–H and O–H groups in total. The average molecular weight is 463 g/mol. The zero-order chi connectivity index (χ0) is 22.1. The van der Waals surface area contributed by atoms with Crippen LogP contribution in [0.3, 0.4) is 0 Å². The summed E-state index contributed by atoms with van der Waals surface area (Å²) in [4.78, 5) is 29.8. The summed E-state index contributed by atoms with van der Waals surface area (Å²) >= 11 is 3.16. The quantitative estimate of drug-likeness (QED) is 0.256. The first kappa shape index (κ1) is 21.3. The van der Waals surface area contributed by atoms with Crippen molar-refractivity contribution in [2.24, 2.45) is 0 Å². The van der Waals surface area contributed by atoms with Gasteiger partial charge in [-0.3, -0.25) is 4.79 Å². The second kappa shape index (κ2) is 9.16. The smallest absolute Gasteiger partial charge is 0.237 e. The van der Waals surface area contributed by atoms with Gasteiger partial charge in [-0.2, -0.15) is 0 Å². The number of carbonyl (C=O) groups excluding carboxylic acids is 1. The highest BCUT2D eigenvalue weighted by Crippen LogP contribution is 2.42. The number of carbonyl (C=O) groups is 1. The van der Waals surface area contributed by atoms with E-state index >= 15 is 0 Å². The van der Waals surface area contributed by atoms with Crippen molar-refractivity contribution >= 4 is 55.1 Å².